The first kappa shape index (κ1) is 27.7. The minimum Gasteiger partial charge on any atom is -0.481 e. The molecule has 31 heavy (non-hydrogen) atoms. The van der Waals surface area contributed by atoms with Gasteiger partial charge in [-0.2, -0.15) is 0 Å². The predicted octanol–water partition coefficient (Wildman–Crippen LogP) is 1.37. The molecule has 0 atom stereocenters. The number of ketones is 1. The van der Waals surface area contributed by atoms with Crippen LogP contribution in [-0.4, -0.2) is 39.7 Å². The summed E-state index contributed by atoms with van der Waals surface area (Å²) >= 11 is 0. The van der Waals surface area contributed by atoms with E-state index in [4.69, 9.17) is 21.9 Å². The molecule has 172 valence electrons. The molecule has 11 heteroatoms. The van der Waals surface area contributed by atoms with Crippen LogP contribution in [0, 0.1) is 0 Å². The summed E-state index contributed by atoms with van der Waals surface area (Å²) in [5, 5.41) is 16.7. The topological polar surface area (TPSA) is 202 Å². The summed E-state index contributed by atoms with van der Waals surface area (Å²) in [6.07, 6.45) is 5.82. The van der Waals surface area contributed by atoms with Crippen molar-refractivity contribution in [1.29, 1.82) is 0 Å². The number of hydrogen-bond donors (Lipinski definition) is 6. The smallest absolute Gasteiger partial charge is 0.303 e. The Labute approximate surface area is 180 Å². The van der Waals surface area contributed by atoms with E-state index in [9.17, 15) is 24.0 Å². The van der Waals surface area contributed by atoms with Crippen molar-refractivity contribution in [3.8, 4) is 0 Å². The van der Waals surface area contributed by atoms with Gasteiger partial charge < -0.3 is 10.2 Å². The second-order valence-corrected chi connectivity index (χ2v) is 6.64. The van der Waals surface area contributed by atoms with Crippen LogP contribution in [0.2, 0.25) is 0 Å². The Balaban J connectivity index is 0.000000594. The van der Waals surface area contributed by atoms with E-state index in [-0.39, 0.29) is 29.5 Å². The number of nitrogens with one attached hydrogen (secondary N) is 2. The number of carbonyl (C=O) groups excluding carboxylic acids is 3. The van der Waals surface area contributed by atoms with Gasteiger partial charge in [-0.15, -0.1) is 0 Å². The third-order valence-corrected chi connectivity index (χ3v) is 4.20. The standard InChI is InChI=1S/C10H12N4O3.C10H18O4/c1-5(15)8-6(9(16)13-11)3-2-4-7(8)10(17)14-12;11-9(12)7-5-3-1-2-4-6-8-10(13)14/h2-4H,11-12H2,1H3,(H,13,16)(H,14,17);1-8H2,(H,11,12)(H,13,14). The average molecular weight is 438 g/mol. The summed E-state index contributed by atoms with van der Waals surface area (Å²) in [4.78, 5) is 54.7. The zero-order chi connectivity index (χ0) is 23.8. The van der Waals surface area contributed by atoms with Crippen LogP contribution in [0.1, 0.15) is 89.4 Å². The van der Waals surface area contributed by atoms with Crippen LogP contribution >= 0.6 is 0 Å². The van der Waals surface area contributed by atoms with Gasteiger partial charge in [-0.1, -0.05) is 31.7 Å². The maximum atomic E-state index is 11.5. The largest absolute Gasteiger partial charge is 0.481 e. The third-order valence-electron chi connectivity index (χ3n) is 4.20. The van der Waals surface area contributed by atoms with E-state index in [1.165, 1.54) is 25.1 Å². The summed E-state index contributed by atoms with van der Waals surface area (Å²) in [5.74, 6) is 6.78. The highest BCUT2D eigenvalue weighted by Gasteiger charge is 2.20. The molecule has 0 bridgehead atoms. The van der Waals surface area contributed by atoms with E-state index in [2.05, 4.69) is 0 Å². The number of nitrogen functional groups attached to an aromatic ring is 2. The Kier molecular flexibility index (Phi) is 13.9. The molecular formula is C20H30N4O7. The minimum atomic E-state index is -0.740. The molecule has 0 radical (unpaired) electrons. The van der Waals surface area contributed by atoms with Gasteiger partial charge in [0, 0.05) is 18.4 Å². The van der Waals surface area contributed by atoms with Crippen molar-refractivity contribution >= 4 is 29.5 Å². The van der Waals surface area contributed by atoms with Crippen LogP contribution in [0.15, 0.2) is 18.2 Å². The summed E-state index contributed by atoms with van der Waals surface area (Å²) in [7, 11) is 0. The first-order valence-corrected chi connectivity index (χ1v) is 9.75. The molecule has 2 amide bonds. The number of unbranched alkanes of at least 4 members (excludes halogenated alkanes) is 5. The van der Waals surface area contributed by atoms with Crippen molar-refractivity contribution in [2.24, 2.45) is 11.7 Å². The van der Waals surface area contributed by atoms with Crippen molar-refractivity contribution in [3.05, 3.63) is 34.9 Å². The Bertz CT molecular complexity index is 727. The monoisotopic (exact) mass is 438 g/mol. The number of carbonyl (C=O) groups is 5. The molecule has 0 spiro atoms. The van der Waals surface area contributed by atoms with Gasteiger partial charge in [0.25, 0.3) is 11.8 Å². The van der Waals surface area contributed by atoms with Crippen LogP contribution in [0.3, 0.4) is 0 Å². The first-order chi connectivity index (χ1) is 14.6. The fraction of sp³-hybridized carbons (Fsp3) is 0.450. The molecule has 1 rings (SSSR count). The second-order valence-electron chi connectivity index (χ2n) is 6.64. The zero-order valence-electron chi connectivity index (χ0n) is 17.5. The maximum absolute atomic E-state index is 11.5. The van der Waals surface area contributed by atoms with Gasteiger partial charge in [0.2, 0.25) is 0 Å². The molecule has 0 aromatic heterocycles. The Hall–Kier alpha value is -3.31. The van der Waals surface area contributed by atoms with Crippen molar-refractivity contribution in [1.82, 2.24) is 10.9 Å². The van der Waals surface area contributed by atoms with Crippen LogP contribution in [0.25, 0.3) is 0 Å². The lowest BCUT2D eigenvalue weighted by atomic mass is 9.97. The summed E-state index contributed by atoms with van der Waals surface area (Å²) in [6, 6.07) is 4.25. The molecule has 1 aromatic carbocycles. The van der Waals surface area contributed by atoms with Gasteiger partial charge in [0.15, 0.2) is 5.78 Å². The van der Waals surface area contributed by atoms with Gasteiger partial charge in [-0.25, -0.2) is 11.7 Å². The van der Waals surface area contributed by atoms with Gasteiger partial charge in [0.1, 0.15) is 0 Å². The van der Waals surface area contributed by atoms with Gasteiger partial charge in [0.05, 0.1) is 11.1 Å². The minimum absolute atomic E-state index is 0.0154. The Morgan fingerprint density at radius 1 is 0.742 bits per heavy atom. The van der Waals surface area contributed by atoms with Crippen molar-refractivity contribution in [2.45, 2.75) is 58.3 Å². The molecule has 0 unspecified atom stereocenters. The number of carboxylic acids is 2. The lowest BCUT2D eigenvalue weighted by Gasteiger charge is -2.10. The maximum Gasteiger partial charge on any atom is 0.303 e. The number of hydrogen-bond acceptors (Lipinski definition) is 7. The fourth-order valence-corrected chi connectivity index (χ4v) is 2.73. The van der Waals surface area contributed by atoms with Crippen molar-refractivity contribution < 1.29 is 34.2 Å². The van der Waals surface area contributed by atoms with E-state index in [1.807, 2.05) is 10.9 Å². The first-order valence-electron chi connectivity index (χ1n) is 9.75. The lowest BCUT2D eigenvalue weighted by Crippen LogP contribution is -2.34. The molecule has 8 N–H and O–H groups in total. The number of Topliss-reactive ketones (excluding diaryl/α,β-unsaturated/α-hetero) is 1. The van der Waals surface area contributed by atoms with Crippen molar-refractivity contribution in [3.63, 3.8) is 0 Å². The molecule has 1 aromatic rings. The van der Waals surface area contributed by atoms with E-state index < -0.39 is 29.5 Å². The highest BCUT2D eigenvalue weighted by atomic mass is 16.4. The Morgan fingerprint density at radius 2 is 1.10 bits per heavy atom. The van der Waals surface area contributed by atoms with Gasteiger partial charge >= 0.3 is 11.9 Å². The van der Waals surface area contributed by atoms with Gasteiger partial charge in [-0.3, -0.25) is 34.8 Å². The molecule has 0 saturated carbocycles. The highest BCUT2D eigenvalue weighted by Crippen LogP contribution is 2.16. The number of amides is 2. The molecule has 11 nitrogen and oxygen atoms in total. The summed E-state index contributed by atoms with van der Waals surface area (Å²) in [5.41, 5.74) is 3.86. The van der Waals surface area contributed by atoms with Crippen LogP contribution in [-0.2, 0) is 9.59 Å². The van der Waals surface area contributed by atoms with Crippen LogP contribution < -0.4 is 22.5 Å². The number of rotatable bonds is 12. The summed E-state index contributed by atoms with van der Waals surface area (Å²) in [6.45, 7) is 1.25. The number of benzene rings is 1. The van der Waals surface area contributed by atoms with Gasteiger partial charge in [-0.05, 0) is 31.9 Å². The predicted molar refractivity (Wildman–Crippen MR) is 112 cm³/mol. The highest BCUT2D eigenvalue weighted by molar-refractivity contribution is 6.14. The fourth-order valence-electron chi connectivity index (χ4n) is 2.73. The Morgan fingerprint density at radius 3 is 1.39 bits per heavy atom. The molecule has 0 saturated heterocycles. The zero-order valence-corrected chi connectivity index (χ0v) is 17.5. The van der Waals surface area contributed by atoms with Crippen LogP contribution in [0.4, 0.5) is 0 Å². The molecule has 0 aliphatic carbocycles. The molecule has 0 fully saturated rings. The quantitative estimate of drug-likeness (QED) is 0.0915. The number of aliphatic carboxylic acids is 2. The lowest BCUT2D eigenvalue weighted by molar-refractivity contribution is -0.138. The number of nitrogens with two attached hydrogens (primary N) is 2. The van der Waals surface area contributed by atoms with Crippen LogP contribution in [0.5, 0.6) is 0 Å². The summed E-state index contributed by atoms with van der Waals surface area (Å²) < 4.78 is 0. The molecule has 0 aliphatic heterocycles. The molecule has 0 aliphatic rings. The second kappa shape index (κ2) is 15.5. The van der Waals surface area contributed by atoms with E-state index >= 15 is 0 Å². The van der Waals surface area contributed by atoms with Crippen molar-refractivity contribution in [2.75, 3.05) is 0 Å². The molecule has 0 heterocycles. The number of hydrazine groups is 2. The van der Waals surface area contributed by atoms with E-state index in [1.54, 1.807) is 0 Å². The number of carboxylic acid groups (broad SMARTS) is 2. The third kappa shape index (κ3) is 11.5. The average Bonchev–Trinajstić information content (AvgIpc) is 2.73. The van der Waals surface area contributed by atoms with E-state index in [0.717, 1.165) is 38.5 Å². The van der Waals surface area contributed by atoms with E-state index in [0.29, 0.717) is 0 Å². The SMILES string of the molecule is CC(=O)c1c(C(=O)NN)cccc1C(=O)NN.O=C(O)CCCCCCCCC(=O)O. The molecular weight excluding hydrogens is 408 g/mol. The normalized spacial score (nSPS) is 9.77.